The molecule has 0 fully saturated rings. The molecule has 2 rings (SSSR count). The van der Waals surface area contributed by atoms with Crippen LogP contribution in [0.15, 0.2) is 42.1 Å². The summed E-state index contributed by atoms with van der Waals surface area (Å²) in [4.78, 5) is 11.8. The average molecular weight is 301 g/mol. The van der Waals surface area contributed by atoms with Gasteiger partial charge in [-0.2, -0.15) is 5.10 Å². The van der Waals surface area contributed by atoms with Gasteiger partial charge in [0.15, 0.2) is 0 Å². The van der Waals surface area contributed by atoms with Gasteiger partial charge in [0.2, 0.25) is 5.91 Å². The zero-order valence-electron chi connectivity index (χ0n) is 13.2. The minimum Gasteiger partial charge on any atom is -0.346 e. The van der Waals surface area contributed by atoms with Crippen LogP contribution in [-0.4, -0.2) is 15.7 Å². The highest BCUT2D eigenvalue weighted by Gasteiger charge is 2.15. The Bertz CT molecular complexity index is 697. The molecule has 5 heteroatoms. The molecule has 1 atom stereocenters. The SMILES string of the molecule is CC(C)=CC(=O)NC(C)c1cnn(-c2ccc(F)cc2)c1C. The minimum absolute atomic E-state index is 0.124. The van der Waals surface area contributed by atoms with Crippen LogP contribution in [-0.2, 0) is 4.79 Å². The zero-order chi connectivity index (χ0) is 16.3. The number of halogens is 1. The van der Waals surface area contributed by atoms with Crippen molar-refractivity contribution in [2.75, 3.05) is 0 Å². The highest BCUT2D eigenvalue weighted by molar-refractivity contribution is 5.88. The largest absolute Gasteiger partial charge is 0.346 e. The summed E-state index contributed by atoms with van der Waals surface area (Å²) in [6, 6.07) is 5.99. The Morgan fingerprint density at radius 2 is 1.95 bits per heavy atom. The smallest absolute Gasteiger partial charge is 0.244 e. The molecule has 0 saturated carbocycles. The molecule has 0 bridgehead atoms. The zero-order valence-corrected chi connectivity index (χ0v) is 13.2. The fourth-order valence-corrected chi connectivity index (χ4v) is 2.28. The maximum atomic E-state index is 13.0. The van der Waals surface area contributed by atoms with Gasteiger partial charge >= 0.3 is 0 Å². The van der Waals surface area contributed by atoms with Crippen LogP contribution < -0.4 is 5.32 Å². The van der Waals surface area contributed by atoms with Crippen molar-refractivity contribution < 1.29 is 9.18 Å². The van der Waals surface area contributed by atoms with Crippen molar-refractivity contribution in [3.8, 4) is 5.69 Å². The van der Waals surface area contributed by atoms with Gasteiger partial charge in [-0.1, -0.05) is 5.57 Å². The molecule has 1 aromatic carbocycles. The molecule has 1 N–H and O–H groups in total. The molecule has 0 spiro atoms. The van der Waals surface area contributed by atoms with E-state index in [1.807, 2.05) is 27.7 Å². The standard InChI is InChI=1S/C17H20FN3O/c1-11(2)9-17(22)20-12(3)16-10-19-21(13(16)4)15-7-5-14(18)6-8-15/h5-10,12H,1-4H3,(H,20,22). The molecule has 4 nitrogen and oxygen atoms in total. The number of benzene rings is 1. The Balaban J connectivity index is 2.22. The molecule has 1 amide bonds. The van der Waals surface area contributed by atoms with Crippen LogP contribution in [0.4, 0.5) is 4.39 Å². The summed E-state index contributed by atoms with van der Waals surface area (Å²) in [5.41, 5.74) is 3.58. The fraction of sp³-hybridized carbons (Fsp3) is 0.294. The van der Waals surface area contributed by atoms with E-state index >= 15 is 0 Å². The van der Waals surface area contributed by atoms with Gasteiger partial charge in [-0.25, -0.2) is 9.07 Å². The Labute approximate surface area is 129 Å². The summed E-state index contributed by atoms with van der Waals surface area (Å²) in [5, 5.41) is 7.25. The Hall–Kier alpha value is -2.43. The van der Waals surface area contributed by atoms with Crippen LogP contribution in [0.5, 0.6) is 0 Å². The summed E-state index contributed by atoms with van der Waals surface area (Å²) in [6.45, 7) is 7.59. The van der Waals surface area contributed by atoms with E-state index < -0.39 is 0 Å². The van der Waals surface area contributed by atoms with Crippen molar-refractivity contribution in [3.05, 3.63) is 59.2 Å². The third-order valence-corrected chi connectivity index (χ3v) is 3.36. The molecule has 1 aromatic heterocycles. The lowest BCUT2D eigenvalue weighted by Crippen LogP contribution is -2.25. The second-order valence-corrected chi connectivity index (χ2v) is 5.53. The van der Waals surface area contributed by atoms with E-state index in [0.717, 1.165) is 22.5 Å². The molecule has 1 unspecified atom stereocenters. The molecular formula is C17H20FN3O. The molecule has 0 aliphatic carbocycles. The lowest BCUT2D eigenvalue weighted by atomic mass is 10.1. The van der Waals surface area contributed by atoms with Gasteiger partial charge < -0.3 is 5.32 Å². The number of hydrogen-bond acceptors (Lipinski definition) is 2. The minimum atomic E-state index is -0.281. The number of rotatable bonds is 4. The monoisotopic (exact) mass is 301 g/mol. The van der Waals surface area contributed by atoms with E-state index in [1.165, 1.54) is 12.1 Å². The first-order valence-corrected chi connectivity index (χ1v) is 7.14. The quantitative estimate of drug-likeness (QED) is 0.879. The first-order chi connectivity index (χ1) is 10.4. The molecule has 1 heterocycles. The normalized spacial score (nSPS) is 11.9. The third kappa shape index (κ3) is 3.61. The van der Waals surface area contributed by atoms with Crippen molar-refractivity contribution >= 4 is 5.91 Å². The molecule has 0 radical (unpaired) electrons. The predicted octanol–water partition coefficient (Wildman–Crippen LogP) is 3.46. The van der Waals surface area contributed by atoms with Crippen LogP contribution in [0.3, 0.4) is 0 Å². The van der Waals surface area contributed by atoms with Crippen molar-refractivity contribution in [1.82, 2.24) is 15.1 Å². The van der Waals surface area contributed by atoms with Gasteiger partial charge in [0.25, 0.3) is 0 Å². The average Bonchev–Trinajstić information content (AvgIpc) is 2.80. The number of aromatic nitrogens is 2. The fourth-order valence-electron chi connectivity index (χ4n) is 2.28. The highest BCUT2D eigenvalue weighted by atomic mass is 19.1. The molecule has 0 aliphatic heterocycles. The number of hydrogen-bond donors (Lipinski definition) is 1. The molecule has 22 heavy (non-hydrogen) atoms. The molecule has 2 aromatic rings. The Morgan fingerprint density at radius 1 is 1.32 bits per heavy atom. The van der Waals surface area contributed by atoms with E-state index in [4.69, 9.17) is 0 Å². The van der Waals surface area contributed by atoms with Gasteiger partial charge in [-0.15, -0.1) is 0 Å². The van der Waals surface area contributed by atoms with Crippen LogP contribution >= 0.6 is 0 Å². The van der Waals surface area contributed by atoms with Crippen molar-refractivity contribution in [1.29, 1.82) is 0 Å². The Kier molecular flexibility index (Phi) is 4.75. The van der Waals surface area contributed by atoms with E-state index in [9.17, 15) is 9.18 Å². The summed E-state index contributed by atoms with van der Waals surface area (Å²) in [7, 11) is 0. The summed E-state index contributed by atoms with van der Waals surface area (Å²) >= 11 is 0. The van der Waals surface area contributed by atoms with Crippen LogP contribution in [0.25, 0.3) is 5.69 Å². The third-order valence-electron chi connectivity index (χ3n) is 3.36. The number of carbonyl (C=O) groups is 1. The lowest BCUT2D eigenvalue weighted by Gasteiger charge is -2.13. The van der Waals surface area contributed by atoms with Gasteiger partial charge in [0.05, 0.1) is 17.9 Å². The number of allylic oxidation sites excluding steroid dienone is 1. The van der Waals surface area contributed by atoms with Gasteiger partial charge in [-0.05, 0) is 52.0 Å². The maximum absolute atomic E-state index is 13.0. The van der Waals surface area contributed by atoms with Gasteiger partial charge in [-0.3, -0.25) is 4.79 Å². The van der Waals surface area contributed by atoms with E-state index in [-0.39, 0.29) is 17.8 Å². The molecular weight excluding hydrogens is 281 g/mol. The van der Waals surface area contributed by atoms with Crippen molar-refractivity contribution in [2.45, 2.75) is 33.7 Å². The maximum Gasteiger partial charge on any atom is 0.244 e. The molecule has 0 aliphatic rings. The number of carbonyl (C=O) groups excluding carboxylic acids is 1. The highest BCUT2D eigenvalue weighted by Crippen LogP contribution is 2.20. The van der Waals surface area contributed by atoms with Gasteiger partial charge in [0.1, 0.15) is 5.82 Å². The van der Waals surface area contributed by atoms with E-state index in [0.29, 0.717) is 0 Å². The van der Waals surface area contributed by atoms with Crippen molar-refractivity contribution in [2.24, 2.45) is 0 Å². The second-order valence-electron chi connectivity index (χ2n) is 5.53. The molecule has 0 saturated heterocycles. The van der Waals surface area contributed by atoms with Crippen molar-refractivity contribution in [3.63, 3.8) is 0 Å². The van der Waals surface area contributed by atoms with Crippen LogP contribution in [0.1, 0.15) is 38.1 Å². The van der Waals surface area contributed by atoms with E-state index in [1.54, 1.807) is 29.1 Å². The van der Waals surface area contributed by atoms with E-state index in [2.05, 4.69) is 10.4 Å². The summed E-state index contributed by atoms with van der Waals surface area (Å²) < 4.78 is 14.7. The first kappa shape index (κ1) is 15.9. The topological polar surface area (TPSA) is 46.9 Å². The molecule has 116 valence electrons. The van der Waals surface area contributed by atoms with Gasteiger partial charge in [0, 0.05) is 17.3 Å². The lowest BCUT2D eigenvalue weighted by molar-refractivity contribution is -0.117. The number of nitrogens with zero attached hydrogens (tertiary/aromatic N) is 2. The number of nitrogens with one attached hydrogen (secondary N) is 1. The summed E-state index contributed by atoms with van der Waals surface area (Å²) in [6.07, 6.45) is 3.29. The predicted molar refractivity (Wildman–Crippen MR) is 84.2 cm³/mol. The number of amides is 1. The summed E-state index contributed by atoms with van der Waals surface area (Å²) in [5.74, 6) is -0.405. The first-order valence-electron chi connectivity index (χ1n) is 7.14. The Morgan fingerprint density at radius 3 is 2.55 bits per heavy atom. The van der Waals surface area contributed by atoms with Crippen LogP contribution in [0, 0.1) is 12.7 Å². The second kappa shape index (κ2) is 6.56. The van der Waals surface area contributed by atoms with Crippen LogP contribution in [0.2, 0.25) is 0 Å².